The minimum Gasteiger partial charge on any atom is -0.543 e. The Hall–Kier alpha value is -2.41. The van der Waals surface area contributed by atoms with Crippen LogP contribution in [0.4, 0.5) is 4.79 Å². The lowest BCUT2D eigenvalue weighted by Gasteiger charge is -2.47. The van der Waals surface area contributed by atoms with Crippen LogP contribution in [0.3, 0.4) is 0 Å². The predicted molar refractivity (Wildman–Crippen MR) is 115 cm³/mol. The van der Waals surface area contributed by atoms with Gasteiger partial charge in [0, 0.05) is 23.9 Å². The van der Waals surface area contributed by atoms with Crippen LogP contribution in [-0.2, 0) is 9.59 Å². The first-order valence-electron chi connectivity index (χ1n) is 10.2. The van der Waals surface area contributed by atoms with Crippen molar-refractivity contribution in [1.82, 2.24) is 9.47 Å². The largest absolute Gasteiger partial charge is 0.543 e. The number of rotatable bonds is 7. The molecule has 4 N–H and O–H groups in total. The fraction of sp³-hybridized carbons (Fsp3) is 0.500. The molecule has 4 rings (SSSR count). The number of fused-ring (bicyclic) bond motifs is 2. The van der Waals surface area contributed by atoms with Crippen molar-refractivity contribution in [3.63, 3.8) is 0 Å². The number of thiazole rings is 1. The summed E-state index contributed by atoms with van der Waals surface area (Å²) in [6.07, 6.45) is 1.21. The Balaban J connectivity index is 1.86. The summed E-state index contributed by atoms with van der Waals surface area (Å²) < 4.78 is 3.11. The summed E-state index contributed by atoms with van der Waals surface area (Å²) in [5.74, 6) is -2.27. The van der Waals surface area contributed by atoms with Gasteiger partial charge in [-0.2, -0.15) is 4.40 Å². The number of aliphatic hydroxyl groups is 2. The summed E-state index contributed by atoms with van der Waals surface area (Å²) in [6.45, 7) is 5.20. The highest BCUT2D eigenvalue weighted by atomic mass is 32.2. The molecule has 0 saturated carbocycles. The number of hydrogen-bond donors (Lipinski definition) is 3. The first-order valence-corrected chi connectivity index (χ1v) is 12.0. The van der Waals surface area contributed by atoms with E-state index in [2.05, 4.69) is 0 Å². The Labute approximate surface area is 191 Å². The SMILES string of the molecule is Cc1c(C2=C(C(=O)[O-])N3C(=O)[C@H]([C@@H](C)O)[C@H]3[C@H]2C)sc2c(SCCCO)n(C(N)=O)c[n+]12. The minimum atomic E-state index is -1.44. The van der Waals surface area contributed by atoms with Crippen molar-refractivity contribution in [2.45, 2.75) is 44.4 Å². The van der Waals surface area contributed by atoms with Crippen molar-refractivity contribution < 1.29 is 34.1 Å². The average Bonchev–Trinajstić information content (AvgIpc) is 3.30. The Kier molecular flexibility index (Phi) is 5.82. The molecule has 4 atom stereocenters. The van der Waals surface area contributed by atoms with E-state index >= 15 is 0 Å². The summed E-state index contributed by atoms with van der Waals surface area (Å²) in [5, 5.41) is 31.8. The van der Waals surface area contributed by atoms with Crippen molar-refractivity contribution in [1.29, 1.82) is 0 Å². The number of carboxylic acids is 1. The van der Waals surface area contributed by atoms with Gasteiger partial charge in [-0.3, -0.25) is 4.79 Å². The second-order valence-corrected chi connectivity index (χ2v) is 10.1. The van der Waals surface area contributed by atoms with Gasteiger partial charge < -0.3 is 30.7 Å². The number of nitrogens with two attached hydrogens (primary N) is 1. The number of primary amides is 1. The maximum absolute atomic E-state index is 12.6. The van der Waals surface area contributed by atoms with E-state index in [0.29, 0.717) is 38.2 Å². The van der Waals surface area contributed by atoms with E-state index in [9.17, 15) is 24.6 Å². The lowest BCUT2D eigenvalue weighted by atomic mass is 9.77. The molecule has 0 unspecified atom stereocenters. The first-order chi connectivity index (χ1) is 15.1. The number of thioether (sulfide) groups is 1. The van der Waals surface area contributed by atoms with Gasteiger partial charge in [-0.25, -0.2) is 4.79 Å². The van der Waals surface area contributed by atoms with Gasteiger partial charge in [0.1, 0.15) is 5.69 Å². The molecule has 0 bridgehead atoms. The number of amides is 2. The number of carbonyl (C=O) groups excluding carboxylic acids is 3. The van der Waals surface area contributed by atoms with E-state index in [0.717, 1.165) is 0 Å². The molecule has 2 aliphatic heterocycles. The molecule has 0 aromatic carbocycles. The van der Waals surface area contributed by atoms with Crippen molar-refractivity contribution >= 4 is 51.4 Å². The van der Waals surface area contributed by atoms with Gasteiger partial charge in [-0.1, -0.05) is 30.0 Å². The Morgan fingerprint density at radius 3 is 2.69 bits per heavy atom. The zero-order valence-corrected chi connectivity index (χ0v) is 19.4. The third-order valence-electron chi connectivity index (χ3n) is 6.13. The molecule has 0 spiro atoms. The monoisotopic (exact) mass is 480 g/mol. The van der Waals surface area contributed by atoms with Crippen LogP contribution >= 0.6 is 23.1 Å². The highest BCUT2D eigenvalue weighted by Crippen LogP contribution is 2.51. The lowest BCUT2D eigenvalue weighted by molar-refractivity contribution is -0.515. The quantitative estimate of drug-likeness (QED) is 0.205. The molecule has 2 aromatic rings. The van der Waals surface area contributed by atoms with Crippen molar-refractivity contribution in [3.05, 3.63) is 22.6 Å². The molecule has 1 saturated heterocycles. The number of aliphatic carboxylic acids is 1. The molecule has 4 heterocycles. The molecule has 32 heavy (non-hydrogen) atoms. The lowest BCUT2D eigenvalue weighted by Crippen LogP contribution is -2.64. The topological polar surface area (TPSA) is 153 Å². The normalized spacial score (nSPS) is 23.6. The summed E-state index contributed by atoms with van der Waals surface area (Å²) in [6, 6.07) is -1.09. The van der Waals surface area contributed by atoms with Crippen LogP contribution < -0.4 is 15.2 Å². The third kappa shape index (κ3) is 3.16. The molecule has 2 amide bonds. The summed E-state index contributed by atoms with van der Waals surface area (Å²) >= 11 is 2.69. The van der Waals surface area contributed by atoms with Gasteiger partial charge in [0.25, 0.3) is 6.33 Å². The number of hydrogen-bond acceptors (Lipinski definition) is 8. The number of carboxylic acid groups (broad SMARTS) is 1. The number of aryl methyl sites for hydroxylation is 1. The average molecular weight is 481 g/mol. The van der Waals surface area contributed by atoms with Gasteiger partial charge in [-0.15, -0.1) is 4.57 Å². The Morgan fingerprint density at radius 2 is 2.12 bits per heavy atom. The van der Waals surface area contributed by atoms with Crippen LogP contribution in [0.5, 0.6) is 0 Å². The summed E-state index contributed by atoms with van der Waals surface area (Å²) in [7, 11) is 0. The minimum absolute atomic E-state index is 0.0182. The van der Waals surface area contributed by atoms with Crippen LogP contribution in [0.15, 0.2) is 17.1 Å². The number of aliphatic hydroxyl groups excluding tert-OH is 2. The number of aromatic nitrogens is 2. The fourth-order valence-electron chi connectivity index (χ4n) is 4.67. The smallest absolute Gasteiger partial charge is 0.411 e. The molecule has 0 aliphatic carbocycles. The van der Waals surface area contributed by atoms with E-state index in [1.54, 1.807) is 10.7 Å². The van der Waals surface area contributed by atoms with E-state index < -0.39 is 36.0 Å². The Morgan fingerprint density at radius 1 is 1.44 bits per heavy atom. The van der Waals surface area contributed by atoms with Crippen molar-refractivity contribution in [2.24, 2.45) is 17.6 Å². The second kappa shape index (κ2) is 8.18. The van der Waals surface area contributed by atoms with Crippen molar-refractivity contribution in [2.75, 3.05) is 12.4 Å². The molecular weight excluding hydrogens is 456 g/mol. The van der Waals surface area contributed by atoms with E-state index in [1.165, 1.54) is 39.5 Å². The maximum atomic E-state index is 12.6. The van der Waals surface area contributed by atoms with Crippen LogP contribution in [0.25, 0.3) is 10.4 Å². The van der Waals surface area contributed by atoms with Gasteiger partial charge >= 0.3 is 6.03 Å². The fourth-order valence-corrected chi connectivity index (χ4v) is 7.23. The highest BCUT2D eigenvalue weighted by molar-refractivity contribution is 7.99. The van der Waals surface area contributed by atoms with Gasteiger partial charge in [-0.05, 0) is 20.3 Å². The van der Waals surface area contributed by atoms with Crippen LogP contribution in [0.2, 0.25) is 0 Å². The van der Waals surface area contributed by atoms with Crippen LogP contribution in [0, 0.1) is 18.8 Å². The molecule has 1 fully saturated rings. The molecule has 2 aliphatic rings. The van der Waals surface area contributed by atoms with Gasteiger partial charge in [0.2, 0.25) is 15.8 Å². The van der Waals surface area contributed by atoms with E-state index in [4.69, 9.17) is 10.8 Å². The first kappa shape index (κ1) is 22.8. The number of nitrogens with zero attached hydrogens (tertiary/aromatic N) is 3. The molecular formula is C20H24N4O6S2. The van der Waals surface area contributed by atoms with E-state index in [1.807, 2.05) is 13.8 Å². The van der Waals surface area contributed by atoms with E-state index in [-0.39, 0.29) is 18.2 Å². The summed E-state index contributed by atoms with van der Waals surface area (Å²) in [4.78, 5) is 39.3. The molecule has 172 valence electrons. The van der Waals surface area contributed by atoms with Gasteiger partial charge in [0.05, 0.1) is 34.6 Å². The number of imidazole rings is 1. The standard InChI is InChI=1S/C20H24N4O6S2/c1-8-11(14(19(28)29)24-13(8)12(10(3)26)16(24)27)15-9(2)22-7-23(20(21)30)17(18(22)32-15)31-6-4-5-25/h7-8,10,12-13,25-26H,4-6H2,1-3H3,(H2-,21,28,29,30)/t8-,10+,12+,13+/m0/s1. The second-order valence-electron chi connectivity index (χ2n) is 8.05. The van der Waals surface area contributed by atoms with Crippen molar-refractivity contribution in [3.8, 4) is 0 Å². The highest BCUT2D eigenvalue weighted by Gasteiger charge is 2.59. The molecule has 2 aromatic heterocycles. The Bertz CT molecular complexity index is 1170. The van der Waals surface area contributed by atoms with Crippen LogP contribution in [-0.4, -0.2) is 62.1 Å². The third-order valence-corrected chi connectivity index (χ3v) is 8.72. The zero-order chi connectivity index (χ0) is 23.5. The molecule has 0 radical (unpaired) electrons. The number of β-lactam (4-membered cyclic amide) rings is 1. The van der Waals surface area contributed by atoms with Crippen LogP contribution in [0.1, 0.15) is 30.8 Å². The predicted octanol–water partition coefficient (Wildman–Crippen LogP) is -0.683. The maximum Gasteiger partial charge on any atom is 0.411 e. The molecule has 10 nitrogen and oxygen atoms in total. The summed E-state index contributed by atoms with van der Waals surface area (Å²) in [5.41, 5.74) is 6.57. The van der Waals surface area contributed by atoms with Gasteiger partial charge in [0.15, 0.2) is 0 Å². The molecule has 12 heteroatoms. The number of carbonyl (C=O) groups is 3. The zero-order valence-electron chi connectivity index (χ0n) is 17.8.